The lowest BCUT2D eigenvalue weighted by Gasteiger charge is -2.11. The molecule has 0 aliphatic carbocycles. The van der Waals surface area contributed by atoms with E-state index in [-0.39, 0.29) is 0 Å². The van der Waals surface area contributed by atoms with Gasteiger partial charge in [0.15, 0.2) is 17.2 Å². The minimum absolute atomic E-state index is 0.712. The second-order valence-corrected chi connectivity index (χ2v) is 3.71. The molecular weight excluding hydrogens is 214 g/mol. The molecule has 2 aromatic carbocycles. The molecule has 1 heterocycles. The van der Waals surface area contributed by atoms with Gasteiger partial charge in [0.2, 0.25) is 0 Å². The van der Waals surface area contributed by atoms with Gasteiger partial charge in [-0.15, -0.1) is 0 Å². The number of fused-ring (bicyclic) bond motifs is 2. The third-order valence-electron chi connectivity index (χ3n) is 2.65. The lowest BCUT2D eigenvalue weighted by atomic mass is 10.2. The fourth-order valence-electron chi connectivity index (χ4n) is 1.80. The Kier molecular flexibility index (Phi) is 2.29. The molecule has 2 aromatic rings. The Morgan fingerprint density at radius 2 is 1.94 bits per heavy atom. The van der Waals surface area contributed by atoms with E-state index in [0.29, 0.717) is 11.5 Å². The second kappa shape index (κ2) is 3.94. The van der Waals surface area contributed by atoms with E-state index < -0.39 is 0 Å². The van der Waals surface area contributed by atoms with Gasteiger partial charge in [0.25, 0.3) is 0 Å². The first-order chi connectivity index (χ1) is 8.38. The number of benzene rings is 2. The largest absolute Gasteiger partial charge is 0.493 e. The molecule has 0 amide bonds. The number of nitrogens with zero attached hydrogens (tertiary/aromatic N) is 1. The molecule has 0 unspecified atom stereocenters. The Hall–Kier alpha value is -2.29. The zero-order valence-corrected chi connectivity index (χ0v) is 9.38. The maximum atomic E-state index is 5.87. The molecule has 3 rings (SSSR count). The summed E-state index contributed by atoms with van der Waals surface area (Å²) in [6.45, 7) is 0. The van der Waals surface area contributed by atoms with Crippen molar-refractivity contribution in [2.24, 2.45) is 4.99 Å². The molecule has 0 radical (unpaired) electrons. The van der Waals surface area contributed by atoms with Crippen LogP contribution in [0.3, 0.4) is 0 Å². The van der Waals surface area contributed by atoms with Crippen LogP contribution in [0.5, 0.6) is 17.2 Å². The van der Waals surface area contributed by atoms with Gasteiger partial charge >= 0.3 is 0 Å². The number of aliphatic imine (C=N–C) groups is 1. The molecule has 17 heavy (non-hydrogen) atoms. The summed E-state index contributed by atoms with van der Waals surface area (Å²) < 4.78 is 11.2. The number of ether oxygens (including phenoxy) is 2. The number of methoxy groups -OCH3 is 1. The normalized spacial score (nSPS) is 12.1. The first-order valence-corrected chi connectivity index (χ1v) is 5.36. The fraction of sp³-hybridized carbons (Fsp3) is 0.0714. The van der Waals surface area contributed by atoms with Gasteiger partial charge in [-0.05, 0) is 24.3 Å². The molecule has 0 N–H and O–H groups in total. The van der Waals surface area contributed by atoms with Gasteiger partial charge in [0.05, 0.1) is 7.11 Å². The SMILES string of the molecule is COc1cccc2c1Oc1ccccc1N=C2. The van der Waals surface area contributed by atoms with Gasteiger partial charge in [-0.2, -0.15) is 0 Å². The van der Waals surface area contributed by atoms with Crippen LogP contribution in [0.15, 0.2) is 47.5 Å². The van der Waals surface area contributed by atoms with Crippen LogP contribution in [0.1, 0.15) is 5.56 Å². The van der Waals surface area contributed by atoms with Crippen LogP contribution in [-0.2, 0) is 0 Å². The van der Waals surface area contributed by atoms with Crippen molar-refractivity contribution in [1.82, 2.24) is 0 Å². The third kappa shape index (κ3) is 1.65. The van der Waals surface area contributed by atoms with Crippen molar-refractivity contribution in [1.29, 1.82) is 0 Å². The molecule has 0 spiro atoms. The Labute approximate surface area is 99.3 Å². The lowest BCUT2D eigenvalue weighted by Crippen LogP contribution is -1.93. The molecule has 0 saturated heterocycles. The Morgan fingerprint density at radius 1 is 1.06 bits per heavy atom. The van der Waals surface area contributed by atoms with Crippen molar-refractivity contribution in [3.8, 4) is 17.2 Å². The summed E-state index contributed by atoms with van der Waals surface area (Å²) in [7, 11) is 1.63. The highest BCUT2D eigenvalue weighted by atomic mass is 16.5. The summed E-state index contributed by atoms with van der Waals surface area (Å²) in [6.07, 6.45) is 1.80. The van der Waals surface area contributed by atoms with Gasteiger partial charge in [0, 0.05) is 11.8 Å². The standard InChI is InChI=1S/C14H11NO2/c1-16-13-8-4-5-10-9-15-11-6-2-3-7-12(11)17-14(10)13/h2-9H,1H3. The Balaban J connectivity index is 2.19. The first kappa shape index (κ1) is 9.90. The maximum absolute atomic E-state index is 5.87. The van der Waals surface area contributed by atoms with E-state index in [1.165, 1.54) is 0 Å². The van der Waals surface area contributed by atoms with E-state index in [1.807, 2.05) is 42.5 Å². The lowest BCUT2D eigenvalue weighted by molar-refractivity contribution is 0.379. The highest BCUT2D eigenvalue weighted by Gasteiger charge is 2.15. The van der Waals surface area contributed by atoms with Crippen molar-refractivity contribution >= 4 is 11.9 Å². The zero-order valence-electron chi connectivity index (χ0n) is 9.38. The molecule has 0 aromatic heterocycles. The van der Waals surface area contributed by atoms with E-state index in [0.717, 1.165) is 17.0 Å². The van der Waals surface area contributed by atoms with E-state index in [1.54, 1.807) is 13.3 Å². The monoisotopic (exact) mass is 225 g/mol. The molecule has 3 heteroatoms. The summed E-state index contributed by atoms with van der Waals surface area (Å²) in [4.78, 5) is 4.40. The van der Waals surface area contributed by atoms with E-state index in [2.05, 4.69) is 4.99 Å². The van der Waals surface area contributed by atoms with Crippen LogP contribution in [0, 0.1) is 0 Å². The highest BCUT2D eigenvalue weighted by Crippen LogP contribution is 2.40. The molecule has 0 saturated carbocycles. The van der Waals surface area contributed by atoms with Crippen molar-refractivity contribution in [3.63, 3.8) is 0 Å². The maximum Gasteiger partial charge on any atom is 0.178 e. The number of hydrogen-bond acceptors (Lipinski definition) is 3. The Bertz CT molecular complexity index is 591. The van der Waals surface area contributed by atoms with E-state index in [9.17, 15) is 0 Å². The smallest absolute Gasteiger partial charge is 0.178 e. The van der Waals surface area contributed by atoms with Crippen LogP contribution in [0.25, 0.3) is 0 Å². The van der Waals surface area contributed by atoms with Crippen LogP contribution in [0.2, 0.25) is 0 Å². The van der Waals surface area contributed by atoms with Crippen LogP contribution >= 0.6 is 0 Å². The van der Waals surface area contributed by atoms with Crippen molar-refractivity contribution in [2.75, 3.05) is 7.11 Å². The third-order valence-corrected chi connectivity index (χ3v) is 2.65. The van der Waals surface area contributed by atoms with E-state index in [4.69, 9.17) is 9.47 Å². The first-order valence-electron chi connectivity index (χ1n) is 5.36. The van der Waals surface area contributed by atoms with Gasteiger partial charge in [-0.25, -0.2) is 0 Å². The zero-order chi connectivity index (χ0) is 11.7. The van der Waals surface area contributed by atoms with Gasteiger partial charge < -0.3 is 9.47 Å². The summed E-state index contributed by atoms with van der Waals surface area (Å²) >= 11 is 0. The van der Waals surface area contributed by atoms with Crippen LogP contribution < -0.4 is 9.47 Å². The number of rotatable bonds is 1. The molecule has 84 valence electrons. The molecule has 1 aliphatic heterocycles. The molecule has 0 bridgehead atoms. The summed E-state index contributed by atoms with van der Waals surface area (Å²) in [6, 6.07) is 13.4. The predicted molar refractivity (Wildman–Crippen MR) is 66.8 cm³/mol. The molecule has 0 fully saturated rings. The van der Waals surface area contributed by atoms with Crippen LogP contribution in [0.4, 0.5) is 5.69 Å². The topological polar surface area (TPSA) is 30.8 Å². The van der Waals surface area contributed by atoms with Gasteiger partial charge in [0.1, 0.15) is 5.69 Å². The number of hydrogen-bond donors (Lipinski definition) is 0. The van der Waals surface area contributed by atoms with Crippen LogP contribution in [-0.4, -0.2) is 13.3 Å². The average molecular weight is 225 g/mol. The van der Waals surface area contributed by atoms with Crippen molar-refractivity contribution in [3.05, 3.63) is 48.0 Å². The van der Waals surface area contributed by atoms with Gasteiger partial charge in [-0.3, -0.25) is 4.99 Å². The Morgan fingerprint density at radius 3 is 2.82 bits per heavy atom. The second-order valence-electron chi connectivity index (χ2n) is 3.71. The van der Waals surface area contributed by atoms with Crippen molar-refractivity contribution in [2.45, 2.75) is 0 Å². The molecule has 1 aliphatic rings. The summed E-state index contributed by atoms with van der Waals surface area (Å²) in [5.41, 5.74) is 1.74. The minimum Gasteiger partial charge on any atom is -0.493 e. The number of para-hydroxylation sites is 3. The predicted octanol–water partition coefficient (Wildman–Crippen LogP) is 3.55. The van der Waals surface area contributed by atoms with Gasteiger partial charge in [-0.1, -0.05) is 18.2 Å². The summed E-state index contributed by atoms with van der Waals surface area (Å²) in [5.74, 6) is 2.17. The van der Waals surface area contributed by atoms with E-state index >= 15 is 0 Å². The van der Waals surface area contributed by atoms with Crippen molar-refractivity contribution < 1.29 is 9.47 Å². The highest BCUT2D eigenvalue weighted by molar-refractivity contribution is 5.89. The quantitative estimate of drug-likeness (QED) is 0.634. The average Bonchev–Trinajstić information content (AvgIpc) is 2.57. The molecule has 0 atom stereocenters. The minimum atomic E-state index is 0.712. The molecular formula is C14H11NO2. The summed E-state index contributed by atoms with van der Waals surface area (Å²) in [5, 5.41) is 0. The fourth-order valence-corrected chi connectivity index (χ4v) is 1.80. The molecule has 3 nitrogen and oxygen atoms in total.